The minimum Gasteiger partial charge on any atom is -0.465 e. The standard InChI is InChI=1S/C11H17NO4/c1-8(12(2)3)6-7-9(10(13)15-4)11(14)16-5/h6-7H,1-5H3. The quantitative estimate of drug-likeness (QED) is 0.233. The van der Waals surface area contributed by atoms with E-state index in [0.29, 0.717) is 0 Å². The predicted octanol–water partition coefficient (Wildman–Crippen LogP) is 0.724. The topological polar surface area (TPSA) is 55.8 Å². The summed E-state index contributed by atoms with van der Waals surface area (Å²) in [5.74, 6) is -1.43. The highest BCUT2D eigenvalue weighted by Gasteiger charge is 2.18. The normalized spacial score (nSPS) is 10.4. The highest BCUT2D eigenvalue weighted by Crippen LogP contribution is 2.04. The molecule has 0 unspecified atom stereocenters. The maximum atomic E-state index is 11.3. The van der Waals surface area contributed by atoms with Gasteiger partial charge in [-0.3, -0.25) is 0 Å². The Morgan fingerprint density at radius 2 is 1.44 bits per heavy atom. The van der Waals surface area contributed by atoms with Crippen LogP contribution in [-0.4, -0.2) is 45.2 Å². The van der Waals surface area contributed by atoms with Gasteiger partial charge in [0.2, 0.25) is 0 Å². The molecule has 0 aliphatic rings. The number of hydrogen-bond acceptors (Lipinski definition) is 5. The zero-order valence-corrected chi connectivity index (χ0v) is 10.2. The smallest absolute Gasteiger partial charge is 0.345 e. The van der Waals surface area contributed by atoms with Crippen LogP contribution in [-0.2, 0) is 19.1 Å². The molecule has 0 rings (SSSR count). The first-order valence-corrected chi connectivity index (χ1v) is 4.66. The van der Waals surface area contributed by atoms with Crippen LogP contribution in [0.1, 0.15) is 6.92 Å². The number of ether oxygens (including phenoxy) is 2. The van der Waals surface area contributed by atoms with Crippen molar-refractivity contribution in [2.75, 3.05) is 28.3 Å². The van der Waals surface area contributed by atoms with E-state index in [0.717, 1.165) is 5.70 Å². The van der Waals surface area contributed by atoms with Crippen LogP contribution >= 0.6 is 0 Å². The molecular weight excluding hydrogens is 210 g/mol. The summed E-state index contributed by atoms with van der Waals surface area (Å²) in [5, 5.41) is 0. The Kier molecular flexibility index (Phi) is 5.92. The predicted molar refractivity (Wildman–Crippen MR) is 59.6 cm³/mol. The Morgan fingerprint density at radius 3 is 1.75 bits per heavy atom. The van der Waals surface area contributed by atoms with Gasteiger partial charge in [0.25, 0.3) is 0 Å². The molecule has 16 heavy (non-hydrogen) atoms. The fourth-order valence-electron chi connectivity index (χ4n) is 0.792. The first-order chi connectivity index (χ1) is 7.43. The van der Waals surface area contributed by atoms with E-state index in [1.807, 2.05) is 25.9 Å². The van der Waals surface area contributed by atoms with Crippen LogP contribution in [0, 0.1) is 0 Å². The highest BCUT2D eigenvalue weighted by atomic mass is 16.5. The molecule has 0 radical (unpaired) electrons. The Morgan fingerprint density at radius 1 is 1.00 bits per heavy atom. The van der Waals surface area contributed by atoms with Crippen LogP contribution in [0.15, 0.2) is 23.4 Å². The summed E-state index contributed by atoms with van der Waals surface area (Å²) >= 11 is 0. The van der Waals surface area contributed by atoms with Gasteiger partial charge in [-0.2, -0.15) is 0 Å². The monoisotopic (exact) mass is 227 g/mol. The lowest BCUT2D eigenvalue weighted by atomic mass is 10.2. The van der Waals surface area contributed by atoms with Crippen molar-refractivity contribution in [2.45, 2.75) is 6.92 Å². The third kappa shape index (κ3) is 4.16. The van der Waals surface area contributed by atoms with Gasteiger partial charge in [0, 0.05) is 19.8 Å². The molecule has 0 atom stereocenters. The summed E-state index contributed by atoms with van der Waals surface area (Å²) in [4.78, 5) is 24.4. The number of nitrogens with zero attached hydrogens (tertiary/aromatic N) is 1. The van der Waals surface area contributed by atoms with Gasteiger partial charge in [-0.05, 0) is 19.1 Å². The summed E-state index contributed by atoms with van der Waals surface area (Å²) in [6.45, 7) is 1.85. The van der Waals surface area contributed by atoms with Crippen LogP contribution in [0.2, 0.25) is 0 Å². The number of carbonyl (C=O) groups is 2. The van der Waals surface area contributed by atoms with Gasteiger partial charge in [0.1, 0.15) is 5.57 Å². The van der Waals surface area contributed by atoms with Gasteiger partial charge < -0.3 is 14.4 Å². The average molecular weight is 227 g/mol. The average Bonchev–Trinajstić information content (AvgIpc) is 2.27. The van der Waals surface area contributed by atoms with Crippen LogP contribution in [0.3, 0.4) is 0 Å². The molecule has 5 nitrogen and oxygen atoms in total. The first kappa shape index (κ1) is 14.2. The lowest BCUT2D eigenvalue weighted by molar-refractivity contribution is -0.144. The summed E-state index contributed by atoms with van der Waals surface area (Å²) < 4.78 is 8.95. The number of esters is 2. The molecule has 0 aromatic heterocycles. The molecule has 0 amide bonds. The van der Waals surface area contributed by atoms with E-state index in [1.165, 1.54) is 20.3 Å². The minimum absolute atomic E-state index is 0.133. The molecular formula is C11H17NO4. The van der Waals surface area contributed by atoms with E-state index in [9.17, 15) is 9.59 Å². The molecule has 0 saturated carbocycles. The number of methoxy groups -OCH3 is 2. The molecule has 90 valence electrons. The van der Waals surface area contributed by atoms with E-state index in [-0.39, 0.29) is 5.57 Å². The first-order valence-electron chi connectivity index (χ1n) is 4.66. The lowest BCUT2D eigenvalue weighted by Gasteiger charge is -2.11. The second kappa shape index (κ2) is 6.66. The molecule has 0 N–H and O–H groups in total. The highest BCUT2D eigenvalue weighted by molar-refractivity contribution is 6.14. The van der Waals surface area contributed by atoms with Crippen LogP contribution in [0.25, 0.3) is 0 Å². The molecule has 5 heteroatoms. The molecule has 0 fully saturated rings. The second-order valence-corrected chi connectivity index (χ2v) is 3.27. The molecule has 0 heterocycles. The van der Waals surface area contributed by atoms with E-state index in [4.69, 9.17) is 0 Å². The molecule has 0 aliphatic carbocycles. The molecule has 0 aliphatic heterocycles. The van der Waals surface area contributed by atoms with Gasteiger partial charge in [-0.25, -0.2) is 9.59 Å². The fraction of sp³-hybridized carbons (Fsp3) is 0.455. The van der Waals surface area contributed by atoms with Crippen molar-refractivity contribution in [1.29, 1.82) is 0 Å². The summed E-state index contributed by atoms with van der Waals surface area (Å²) in [7, 11) is 6.13. The van der Waals surface area contributed by atoms with Crippen molar-refractivity contribution in [3.05, 3.63) is 23.4 Å². The molecule has 0 bridgehead atoms. The fourth-order valence-corrected chi connectivity index (χ4v) is 0.792. The van der Waals surface area contributed by atoms with Gasteiger partial charge in [-0.1, -0.05) is 0 Å². The van der Waals surface area contributed by atoms with Crippen LogP contribution < -0.4 is 0 Å². The van der Waals surface area contributed by atoms with Crippen molar-refractivity contribution in [3.8, 4) is 0 Å². The van der Waals surface area contributed by atoms with Gasteiger partial charge in [0.05, 0.1) is 14.2 Å². The van der Waals surface area contributed by atoms with Gasteiger partial charge >= 0.3 is 11.9 Å². The SMILES string of the molecule is COC(=O)C(=CC=C(C)N(C)C)C(=O)OC. The van der Waals surface area contributed by atoms with Crippen molar-refractivity contribution in [1.82, 2.24) is 4.90 Å². The Bertz CT molecular complexity index is 311. The molecule has 0 spiro atoms. The number of hydrogen-bond donors (Lipinski definition) is 0. The van der Waals surface area contributed by atoms with Gasteiger partial charge in [0.15, 0.2) is 0 Å². The minimum atomic E-state index is -0.713. The number of rotatable bonds is 4. The zero-order valence-electron chi connectivity index (χ0n) is 10.2. The van der Waals surface area contributed by atoms with E-state index in [2.05, 4.69) is 9.47 Å². The molecule has 0 aromatic rings. The van der Waals surface area contributed by atoms with E-state index in [1.54, 1.807) is 6.08 Å². The van der Waals surface area contributed by atoms with E-state index < -0.39 is 11.9 Å². The number of carbonyl (C=O) groups excluding carboxylic acids is 2. The van der Waals surface area contributed by atoms with Crippen molar-refractivity contribution in [2.24, 2.45) is 0 Å². The Labute approximate surface area is 95.3 Å². The summed E-state index contributed by atoms with van der Waals surface area (Å²) in [6.07, 6.45) is 3.02. The zero-order chi connectivity index (χ0) is 12.7. The largest absolute Gasteiger partial charge is 0.465 e. The Hall–Kier alpha value is -1.78. The third-order valence-electron chi connectivity index (χ3n) is 2.01. The summed E-state index contributed by atoms with van der Waals surface area (Å²) in [6, 6.07) is 0. The van der Waals surface area contributed by atoms with Crippen molar-refractivity contribution >= 4 is 11.9 Å². The molecule has 0 aromatic carbocycles. The van der Waals surface area contributed by atoms with Crippen molar-refractivity contribution < 1.29 is 19.1 Å². The molecule has 0 saturated heterocycles. The lowest BCUT2D eigenvalue weighted by Crippen LogP contribution is -2.16. The maximum absolute atomic E-state index is 11.3. The third-order valence-corrected chi connectivity index (χ3v) is 2.01. The van der Waals surface area contributed by atoms with Crippen molar-refractivity contribution in [3.63, 3.8) is 0 Å². The summed E-state index contributed by atoms with van der Waals surface area (Å²) in [5.41, 5.74) is 0.761. The van der Waals surface area contributed by atoms with Crippen LogP contribution in [0.5, 0.6) is 0 Å². The number of allylic oxidation sites excluding steroid dienone is 3. The van der Waals surface area contributed by atoms with E-state index >= 15 is 0 Å². The Balaban J connectivity index is 5.05. The van der Waals surface area contributed by atoms with Crippen LogP contribution in [0.4, 0.5) is 0 Å². The maximum Gasteiger partial charge on any atom is 0.345 e. The second-order valence-electron chi connectivity index (χ2n) is 3.27. The van der Waals surface area contributed by atoms with Gasteiger partial charge in [-0.15, -0.1) is 0 Å².